The molecular formula is C15H18N4O3. The van der Waals surface area contributed by atoms with E-state index >= 15 is 0 Å². The first kappa shape index (κ1) is 15.4. The molecule has 0 amide bonds. The lowest BCUT2D eigenvalue weighted by molar-refractivity contribution is 0.239. The number of nitrogens with zero attached hydrogens (tertiary/aromatic N) is 2. The molecule has 0 radical (unpaired) electrons. The van der Waals surface area contributed by atoms with Gasteiger partial charge in [0.05, 0.1) is 25.1 Å². The number of rotatable bonds is 7. The van der Waals surface area contributed by atoms with Gasteiger partial charge in [-0.15, -0.1) is 0 Å². The third-order valence-corrected chi connectivity index (χ3v) is 2.85. The Bertz CT molecular complexity index is 664. The van der Waals surface area contributed by atoms with Crippen LogP contribution in [0, 0.1) is 0 Å². The van der Waals surface area contributed by atoms with E-state index < -0.39 is 0 Å². The van der Waals surface area contributed by atoms with Crippen molar-refractivity contribution in [2.75, 3.05) is 19.0 Å². The second-order valence-corrected chi connectivity index (χ2v) is 4.26. The average molecular weight is 302 g/mol. The van der Waals surface area contributed by atoms with Crippen LogP contribution in [-0.2, 0) is 4.74 Å². The van der Waals surface area contributed by atoms with Crippen molar-refractivity contribution >= 4 is 11.5 Å². The molecule has 0 aliphatic heterocycles. The average Bonchev–Trinajstić information content (AvgIpc) is 3.00. The van der Waals surface area contributed by atoms with Crippen LogP contribution in [0.3, 0.4) is 0 Å². The molecule has 0 atom stereocenters. The first-order chi connectivity index (χ1) is 10.7. The number of benzene rings is 1. The van der Waals surface area contributed by atoms with Crippen LogP contribution in [0.1, 0.15) is 12.5 Å². The van der Waals surface area contributed by atoms with Crippen molar-refractivity contribution in [3.05, 3.63) is 53.9 Å². The van der Waals surface area contributed by atoms with Crippen LogP contribution in [0.4, 0.5) is 5.82 Å². The second kappa shape index (κ2) is 7.16. The van der Waals surface area contributed by atoms with E-state index in [1.54, 1.807) is 0 Å². The maximum atomic E-state index is 6.16. The molecule has 0 aliphatic carbocycles. The monoisotopic (exact) mass is 302 g/mol. The van der Waals surface area contributed by atoms with Crippen molar-refractivity contribution in [3.63, 3.8) is 0 Å². The van der Waals surface area contributed by atoms with Crippen LogP contribution < -0.4 is 15.8 Å². The molecule has 1 aromatic carbocycles. The summed E-state index contributed by atoms with van der Waals surface area (Å²) in [6.07, 6.45) is 0. The fourth-order valence-electron chi connectivity index (χ4n) is 1.80. The van der Waals surface area contributed by atoms with E-state index in [0.29, 0.717) is 29.6 Å². The molecule has 7 nitrogen and oxygen atoms in total. The van der Waals surface area contributed by atoms with Gasteiger partial charge in [0.15, 0.2) is 0 Å². The largest absolute Gasteiger partial charge is 0.492 e. The van der Waals surface area contributed by atoms with Crippen molar-refractivity contribution in [3.8, 4) is 5.88 Å². The second-order valence-electron chi connectivity index (χ2n) is 4.26. The van der Waals surface area contributed by atoms with Crippen LogP contribution >= 0.6 is 0 Å². The number of hydrogen-bond donors (Lipinski definition) is 2. The number of methoxy groups -OCH3 is 1. The zero-order chi connectivity index (χ0) is 15.9. The minimum atomic E-state index is 0.225. The summed E-state index contributed by atoms with van der Waals surface area (Å²) in [5, 5.41) is 10.4. The van der Waals surface area contributed by atoms with Gasteiger partial charge < -0.3 is 20.5 Å². The molecule has 1 heterocycles. The molecule has 1 aromatic heterocycles. The molecule has 116 valence electrons. The summed E-state index contributed by atoms with van der Waals surface area (Å²) in [6, 6.07) is 9.49. The lowest BCUT2D eigenvalue weighted by atomic mass is 10.1. The van der Waals surface area contributed by atoms with Crippen LogP contribution in [-0.4, -0.2) is 24.0 Å². The lowest BCUT2D eigenvalue weighted by Gasteiger charge is -2.15. The molecule has 22 heavy (non-hydrogen) atoms. The van der Waals surface area contributed by atoms with Crippen LogP contribution in [0.25, 0.3) is 5.70 Å². The Morgan fingerprint density at radius 2 is 2.05 bits per heavy atom. The zero-order valence-corrected chi connectivity index (χ0v) is 12.5. The van der Waals surface area contributed by atoms with Gasteiger partial charge in [-0.05, 0) is 17.2 Å². The third kappa shape index (κ3) is 3.38. The van der Waals surface area contributed by atoms with Gasteiger partial charge >= 0.3 is 0 Å². The number of hydrogen-bond acceptors (Lipinski definition) is 7. The predicted molar refractivity (Wildman–Crippen MR) is 82.8 cm³/mol. The highest BCUT2D eigenvalue weighted by Crippen LogP contribution is 2.26. The van der Waals surface area contributed by atoms with Gasteiger partial charge in [0, 0.05) is 5.56 Å². The van der Waals surface area contributed by atoms with E-state index in [0.717, 1.165) is 5.56 Å². The van der Waals surface area contributed by atoms with Gasteiger partial charge in [-0.25, -0.2) is 4.63 Å². The minimum absolute atomic E-state index is 0.225. The third-order valence-electron chi connectivity index (χ3n) is 2.85. The van der Waals surface area contributed by atoms with E-state index in [1.165, 1.54) is 7.11 Å². The van der Waals surface area contributed by atoms with Crippen LogP contribution in [0.5, 0.6) is 5.88 Å². The molecule has 3 N–H and O–H groups in total. The number of nitrogens with one attached hydrogen (secondary N) is 1. The molecule has 0 saturated carbocycles. The molecular weight excluding hydrogens is 284 g/mol. The summed E-state index contributed by atoms with van der Waals surface area (Å²) >= 11 is 0. The Kier molecular flexibility index (Phi) is 5.02. The van der Waals surface area contributed by atoms with E-state index in [1.807, 2.05) is 37.3 Å². The first-order valence-electron chi connectivity index (χ1n) is 6.68. The molecule has 2 aromatic rings. The Hall–Kier alpha value is -2.96. The lowest BCUT2D eigenvalue weighted by Crippen LogP contribution is -2.13. The maximum absolute atomic E-state index is 6.16. The van der Waals surface area contributed by atoms with Crippen molar-refractivity contribution in [2.45, 2.75) is 6.92 Å². The van der Waals surface area contributed by atoms with Gasteiger partial charge in [-0.1, -0.05) is 36.9 Å². The Morgan fingerprint density at radius 1 is 1.32 bits per heavy atom. The number of aromatic nitrogens is 2. The summed E-state index contributed by atoms with van der Waals surface area (Å²) in [7, 11) is 1.47. The predicted octanol–water partition coefficient (Wildman–Crippen LogP) is 2.37. The molecule has 7 heteroatoms. The van der Waals surface area contributed by atoms with Crippen LogP contribution in [0.15, 0.2) is 53.0 Å². The number of ether oxygens (including phenoxy) is 2. The molecule has 2 rings (SSSR count). The summed E-state index contributed by atoms with van der Waals surface area (Å²) < 4.78 is 15.1. The first-order valence-corrected chi connectivity index (χ1v) is 6.68. The van der Waals surface area contributed by atoms with Gasteiger partial charge in [0.25, 0.3) is 5.88 Å². The highest BCUT2D eigenvalue weighted by atomic mass is 16.6. The summed E-state index contributed by atoms with van der Waals surface area (Å²) in [4.78, 5) is 0. The SMILES string of the molecule is C=C(OCC)/C(N)=C(/Nc1nonc1OC)c1ccccc1. The minimum Gasteiger partial charge on any atom is -0.492 e. The fraction of sp³-hybridized carbons (Fsp3) is 0.200. The summed E-state index contributed by atoms with van der Waals surface area (Å²) in [5.41, 5.74) is 7.94. The summed E-state index contributed by atoms with van der Waals surface area (Å²) in [5.74, 6) is 0.904. The van der Waals surface area contributed by atoms with E-state index in [9.17, 15) is 0 Å². The molecule has 0 fully saturated rings. The number of nitrogens with two attached hydrogens (primary N) is 1. The smallest absolute Gasteiger partial charge is 0.300 e. The van der Waals surface area contributed by atoms with Gasteiger partial charge in [0.2, 0.25) is 5.82 Å². The highest BCUT2D eigenvalue weighted by molar-refractivity contribution is 5.80. The van der Waals surface area contributed by atoms with E-state index in [4.69, 9.17) is 15.2 Å². The molecule has 0 unspecified atom stereocenters. The Morgan fingerprint density at radius 3 is 2.68 bits per heavy atom. The highest BCUT2D eigenvalue weighted by Gasteiger charge is 2.16. The van der Waals surface area contributed by atoms with Gasteiger partial charge in [-0.3, -0.25) is 0 Å². The van der Waals surface area contributed by atoms with Crippen molar-refractivity contribution in [1.29, 1.82) is 0 Å². The van der Waals surface area contributed by atoms with Gasteiger partial charge in [0.1, 0.15) is 5.76 Å². The molecule has 0 aliphatic rings. The Labute approximate surface area is 128 Å². The fourth-order valence-corrected chi connectivity index (χ4v) is 1.80. The van der Waals surface area contributed by atoms with Crippen molar-refractivity contribution < 1.29 is 14.1 Å². The van der Waals surface area contributed by atoms with Crippen molar-refractivity contribution in [1.82, 2.24) is 10.3 Å². The molecule has 0 spiro atoms. The number of anilines is 1. The molecule has 0 bridgehead atoms. The Balaban J connectivity index is 2.42. The summed E-state index contributed by atoms with van der Waals surface area (Å²) in [6.45, 7) is 6.16. The zero-order valence-electron chi connectivity index (χ0n) is 12.5. The quantitative estimate of drug-likeness (QED) is 0.598. The maximum Gasteiger partial charge on any atom is 0.300 e. The van der Waals surface area contributed by atoms with Gasteiger partial charge in [-0.2, -0.15) is 0 Å². The normalized spacial score (nSPS) is 11.5. The molecule has 0 saturated heterocycles. The van der Waals surface area contributed by atoms with E-state index in [-0.39, 0.29) is 5.88 Å². The topological polar surface area (TPSA) is 95.4 Å². The van der Waals surface area contributed by atoms with Crippen molar-refractivity contribution in [2.24, 2.45) is 5.73 Å². The standard InChI is InChI=1S/C15H18N4O3/c1-4-21-10(2)12(16)13(11-8-6-5-7-9-11)17-14-15(20-3)19-22-18-14/h5-9H,2,4,16H2,1,3H3,(H,17,18)/b13-12-. The van der Waals surface area contributed by atoms with E-state index in [2.05, 4.69) is 26.8 Å². The van der Waals surface area contributed by atoms with Crippen LogP contribution in [0.2, 0.25) is 0 Å².